The van der Waals surface area contributed by atoms with Gasteiger partial charge in [-0.25, -0.2) is 0 Å². The third-order valence-corrected chi connectivity index (χ3v) is 8.06. The van der Waals surface area contributed by atoms with Gasteiger partial charge in [0.2, 0.25) is 23.6 Å². The Hall–Kier alpha value is -4.94. The summed E-state index contributed by atoms with van der Waals surface area (Å²) in [7, 11) is 3.16. The molecule has 0 aliphatic rings. The van der Waals surface area contributed by atoms with Crippen LogP contribution in [0.4, 0.5) is 0 Å². The summed E-state index contributed by atoms with van der Waals surface area (Å²) in [6, 6.07) is 11.9. The van der Waals surface area contributed by atoms with E-state index in [0.717, 1.165) is 42.6 Å². The molecule has 2 aromatic rings. The van der Waals surface area contributed by atoms with Crippen molar-refractivity contribution >= 4 is 35.2 Å². The van der Waals surface area contributed by atoms with Crippen molar-refractivity contribution in [1.82, 2.24) is 16.0 Å². The molecule has 288 valence electrons. The molecule has 0 saturated carbocycles. The number of ether oxygens (including phenoxy) is 3. The molecule has 3 atom stereocenters. The predicted octanol–water partition coefficient (Wildman–Crippen LogP) is 4.73. The number of amides is 4. The standard InChI is InChI=1S/C29H39NO6.C10H19N3O3/c1-6-36-24-14-12-22(13-15-24)28(26-17-16-25(34-4)19-27(26)35-5)30-29(33)23(18-21(3)32)11-9-7-8-10-20(2)31;1-7(14)12-6-4-3-5-9(10(11)16)13-8(2)15/h12-17,19,23,28H,6-11,18H2,1-5H3,(H,30,33);9H,3-6H2,1-2H3,(H2,11,16)(H,12,14)(H,13,15)/t23-,28?;9-/m10/s1. The number of benzene rings is 2. The van der Waals surface area contributed by atoms with E-state index in [4.69, 9.17) is 19.9 Å². The lowest BCUT2D eigenvalue weighted by Crippen LogP contribution is -2.43. The summed E-state index contributed by atoms with van der Waals surface area (Å²) >= 11 is 0. The van der Waals surface area contributed by atoms with E-state index in [0.29, 0.717) is 50.3 Å². The van der Waals surface area contributed by atoms with Crippen LogP contribution in [-0.2, 0) is 28.8 Å². The zero-order valence-corrected chi connectivity index (χ0v) is 31.8. The molecule has 1 unspecified atom stereocenters. The zero-order valence-electron chi connectivity index (χ0n) is 31.8. The highest BCUT2D eigenvalue weighted by Crippen LogP contribution is 2.34. The minimum absolute atomic E-state index is 0.0291. The van der Waals surface area contributed by atoms with Crippen molar-refractivity contribution in [2.24, 2.45) is 11.7 Å². The van der Waals surface area contributed by atoms with Crippen LogP contribution in [0.3, 0.4) is 0 Å². The highest BCUT2D eigenvalue weighted by Gasteiger charge is 2.26. The molecular weight excluding hydrogens is 668 g/mol. The van der Waals surface area contributed by atoms with Crippen molar-refractivity contribution in [2.75, 3.05) is 27.4 Å². The number of carbonyl (C=O) groups excluding carboxylic acids is 6. The van der Waals surface area contributed by atoms with E-state index in [1.54, 1.807) is 27.2 Å². The Morgan fingerprint density at radius 2 is 1.38 bits per heavy atom. The van der Waals surface area contributed by atoms with Crippen LogP contribution in [0.25, 0.3) is 0 Å². The second-order valence-electron chi connectivity index (χ2n) is 12.6. The van der Waals surface area contributed by atoms with Crippen LogP contribution in [0.15, 0.2) is 42.5 Å². The Balaban J connectivity index is 0.000000710. The lowest BCUT2D eigenvalue weighted by molar-refractivity contribution is -0.129. The average Bonchev–Trinajstić information content (AvgIpc) is 3.09. The summed E-state index contributed by atoms with van der Waals surface area (Å²) in [6.07, 6.45) is 5.68. The molecule has 0 spiro atoms. The topological polar surface area (TPSA) is 192 Å². The SMILES string of the molecule is CC(=O)NCCCC[C@H](NC(C)=O)C(N)=O.CCOc1ccc(C(NC(=O)[C@H](CCCCCC(C)=O)CC(C)=O)c2ccc(OC)cc2OC)cc1. The highest BCUT2D eigenvalue weighted by molar-refractivity contribution is 5.86. The molecule has 2 aromatic carbocycles. The summed E-state index contributed by atoms with van der Waals surface area (Å²) in [4.78, 5) is 68.9. The Morgan fingerprint density at radius 1 is 0.731 bits per heavy atom. The molecule has 0 bridgehead atoms. The van der Waals surface area contributed by atoms with E-state index in [2.05, 4.69) is 16.0 Å². The molecule has 13 nitrogen and oxygen atoms in total. The molecule has 52 heavy (non-hydrogen) atoms. The molecule has 0 heterocycles. The van der Waals surface area contributed by atoms with E-state index < -0.39 is 23.9 Å². The van der Waals surface area contributed by atoms with Gasteiger partial charge < -0.3 is 45.5 Å². The summed E-state index contributed by atoms with van der Waals surface area (Å²) in [6.45, 7) is 8.93. The fraction of sp³-hybridized carbons (Fsp3) is 0.538. The van der Waals surface area contributed by atoms with Crippen molar-refractivity contribution in [3.63, 3.8) is 0 Å². The number of hydrogen-bond donors (Lipinski definition) is 4. The number of hydrogen-bond acceptors (Lipinski definition) is 9. The van der Waals surface area contributed by atoms with Gasteiger partial charge in [0.05, 0.1) is 26.9 Å². The first-order chi connectivity index (χ1) is 24.7. The van der Waals surface area contributed by atoms with Crippen molar-refractivity contribution in [1.29, 1.82) is 0 Å². The van der Waals surface area contributed by atoms with Crippen LogP contribution in [0.5, 0.6) is 17.2 Å². The van der Waals surface area contributed by atoms with Gasteiger partial charge in [0, 0.05) is 50.8 Å². The van der Waals surface area contributed by atoms with Gasteiger partial charge in [-0.2, -0.15) is 0 Å². The second-order valence-corrected chi connectivity index (χ2v) is 12.6. The number of rotatable bonds is 23. The van der Waals surface area contributed by atoms with Crippen molar-refractivity contribution in [2.45, 2.75) is 104 Å². The molecule has 13 heteroatoms. The van der Waals surface area contributed by atoms with Gasteiger partial charge in [-0.15, -0.1) is 0 Å². The first-order valence-electron chi connectivity index (χ1n) is 17.8. The number of carbonyl (C=O) groups is 6. The van der Waals surface area contributed by atoms with E-state index in [1.807, 2.05) is 43.3 Å². The van der Waals surface area contributed by atoms with E-state index in [9.17, 15) is 28.8 Å². The third-order valence-electron chi connectivity index (χ3n) is 8.06. The summed E-state index contributed by atoms with van der Waals surface area (Å²) in [5.74, 6) is 0.594. The molecule has 0 fully saturated rings. The molecule has 0 aromatic heterocycles. The number of nitrogens with one attached hydrogen (secondary N) is 3. The van der Waals surface area contributed by atoms with Crippen LogP contribution in [0.2, 0.25) is 0 Å². The Bertz CT molecular complexity index is 1450. The monoisotopic (exact) mass is 726 g/mol. The van der Waals surface area contributed by atoms with Crippen molar-refractivity contribution in [3.05, 3.63) is 53.6 Å². The lowest BCUT2D eigenvalue weighted by Gasteiger charge is -2.25. The number of primary amides is 1. The molecule has 4 amide bonds. The maximum Gasteiger partial charge on any atom is 0.239 e. The largest absolute Gasteiger partial charge is 0.497 e. The minimum Gasteiger partial charge on any atom is -0.497 e. The first-order valence-corrected chi connectivity index (χ1v) is 17.8. The normalized spacial score (nSPS) is 12.1. The van der Waals surface area contributed by atoms with Gasteiger partial charge in [-0.05, 0) is 82.7 Å². The Labute approximate surface area is 308 Å². The van der Waals surface area contributed by atoms with Gasteiger partial charge in [0.25, 0.3) is 0 Å². The fourth-order valence-electron chi connectivity index (χ4n) is 5.46. The zero-order chi connectivity index (χ0) is 39.1. The van der Waals surface area contributed by atoms with Crippen molar-refractivity contribution < 1.29 is 43.0 Å². The summed E-state index contributed by atoms with van der Waals surface area (Å²) in [5.41, 5.74) is 6.76. The van der Waals surface area contributed by atoms with Crippen LogP contribution < -0.4 is 35.9 Å². The van der Waals surface area contributed by atoms with Gasteiger partial charge in [0.1, 0.15) is 34.9 Å². The Kier molecular flexibility index (Phi) is 21.7. The number of Topliss-reactive ketones (excluding diaryl/α,β-unsaturated/α-hetero) is 2. The summed E-state index contributed by atoms with van der Waals surface area (Å²) in [5, 5.41) is 8.30. The molecule has 0 aliphatic heterocycles. The predicted molar refractivity (Wildman–Crippen MR) is 199 cm³/mol. The quantitative estimate of drug-likeness (QED) is 0.117. The lowest BCUT2D eigenvalue weighted by atomic mass is 9.92. The smallest absolute Gasteiger partial charge is 0.239 e. The molecule has 0 radical (unpaired) electrons. The molecule has 0 saturated heterocycles. The van der Waals surface area contributed by atoms with E-state index >= 15 is 0 Å². The van der Waals surface area contributed by atoms with Crippen molar-refractivity contribution in [3.8, 4) is 17.2 Å². The fourth-order valence-corrected chi connectivity index (χ4v) is 5.46. The van der Waals surface area contributed by atoms with Crippen LogP contribution in [0, 0.1) is 5.92 Å². The van der Waals surface area contributed by atoms with E-state index in [-0.39, 0.29) is 35.7 Å². The maximum atomic E-state index is 13.5. The average molecular weight is 727 g/mol. The van der Waals surface area contributed by atoms with Crippen LogP contribution in [-0.4, -0.2) is 68.6 Å². The molecular formula is C39H58N4O9. The maximum absolute atomic E-state index is 13.5. The second kappa shape index (κ2) is 25.1. The first kappa shape index (κ1) is 45.1. The molecule has 0 aliphatic carbocycles. The van der Waals surface area contributed by atoms with Gasteiger partial charge in [-0.1, -0.05) is 25.0 Å². The molecule has 2 rings (SSSR count). The Morgan fingerprint density at radius 3 is 1.92 bits per heavy atom. The van der Waals surface area contributed by atoms with Gasteiger partial charge in [-0.3, -0.25) is 19.2 Å². The number of nitrogens with two attached hydrogens (primary N) is 1. The number of unbranched alkanes of at least 4 members (excludes halogenated alkanes) is 3. The minimum atomic E-state index is -0.616. The van der Waals surface area contributed by atoms with Gasteiger partial charge >= 0.3 is 0 Å². The van der Waals surface area contributed by atoms with Gasteiger partial charge in [0.15, 0.2) is 0 Å². The molecule has 5 N–H and O–H groups in total. The van der Waals surface area contributed by atoms with Crippen LogP contribution in [0.1, 0.15) is 110 Å². The highest BCUT2D eigenvalue weighted by atomic mass is 16.5. The third kappa shape index (κ3) is 18.3. The number of methoxy groups -OCH3 is 2. The number of ketones is 2. The van der Waals surface area contributed by atoms with E-state index in [1.165, 1.54) is 20.8 Å². The summed E-state index contributed by atoms with van der Waals surface area (Å²) < 4.78 is 16.5. The van der Waals surface area contributed by atoms with Crippen LogP contribution >= 0.6 is 0 Å².